The Bertz CT molecular complexity index is 1310. The molecular formula is C21H17N3O4S. The van der Waals surface area contributed by atoms with Crippen molar-refractivity contribution in [2.75, 3.05) is 7.11 Å². The Hall–Kier alpha value is -3.52. The van der Waals surface area contributed by atoms with Crippen LogP contribution in [0.5, 0.6) is 5.75 Å². The van der Waals surface area contributed by atoms with Gasteiger partial charge in [0.2, 0.25) is 4.96 Å². The molecule has 0 fully saturated rings. The molecule has 0 aliphatic carbocycles. The highest BCUT2D eigenvalue weighted by Crippen LogP contribution is 2.22. The highest BCUT2D eigenvalue weighted by atomic mass is 32.1. The lowest BCUT2D eigenvalue weighted by molar-refractivity contribution is -0.138. The van der Waals surface area contributed by atoms with E-state index in [0.717, 1.165) is 22.1 Å². The van der Waals surface area contributed by atoms with Crippen LogP contribution in [-0.2, 0) is 16.1 Å². The Kier molecular flexibility index (Phi) is 5.09. The summed E-state index contributed by atoms with van der Waals surface area (Å²) in [5.74, 6) is 0.308. The molecule has 0 aliphatic rings. The minimum absolute atomic E-state index is 0.0206. The van der Waals surface area contributed by atoms with Gasteiger partial charge >= 0.3 is 5.97 Å². The average molecular weight is 407 g/mol. The molecule has 2 aromatic carbocycles. The van der Waals surface area contributed by atoms with Gasteiger partial charge in [0.1, 0.15) is 12.4 Å². The van der Waals surface area contributed by atoms with E-state index in [0.29, 0.717) is 15.7 Å². The molecule has 0 radical (unpaired) electrons. The molecule has 7 nitrogen and oxygen atoms in total. The van der Waals surface area contributed by atoms with E-state index in [9.17, 15) is 9.59 Å². The van der Waals surface area contributed by atoms with Gasteiger partial charge in [0.15, 0.2) is 5.01 Å². The van der Waals surface area contributed by atoms with E-state index in [1.807, 2.05) is 36.4 Å². The first-order valence-corrected chi connectivity index (χ1v) is 9.62. The van der Waals surface area contributed by atoms with Crippen LogP contribution in [0.1, 0.15) is 16.3 Å². The second-order valence-corrected chi connectivity index (χ2v) is 7.38. The molecule has 4 aromatic rings. The quantitative estimate of drug-likeness (QED) is 0.373. The molecule has 146 valence electrons. The molecule has 4 rings (SSSR count). The lowest BCUT2D eigenvalue weighted by Crippen LogP contribution is -2.14. The van der Waals surface area contributed by atoms with E-state index in [4.69, 9.17) is 9.47 Å². The third-order valence-electron chi connectivity index (χ3n) is 4.24. The number of hydrogen-bond acceptors (Lipinski definition) is 7. The number of aryl methyl sites for hydroxylation is 1. The number of esters is 1. The molecule has 0 unspecified atom stereocenters. The molecule has 0 spiro atoms. The lowest BCUT2D eigenvalue weighted by Gasteiger charge is -2.03. The summed E-state index contributed by atoms with van der Waals surface area (Å²) < 4.78 is 11.7. The van der Waals surface area contributed by atoms with E-state index >= 15 is 0 Å². The van der Waals surface area contributed by atoms with E-state index in [-0.39, 0.29) is 12.2 Å². The Morgan fingerprint density at radius 1 is 1.17 bits per heavy atom. The number of ether oxygens (including phenoxy) is 2. The maximum Gasteiger partial charge on any atom is 0.331 e. The Balaban J connectivity index is 1.43. The highest BCUT2D eigenvalue weighted by Gasteiger charge is 2.09. The summed E-state index contributed by atoms with van der Waals surface area (Å²) in [7, 11) is 1.63. The number of fused-ring (bicyclic) bond motifs is 2. The van der Waals surface area contributed by atoms with Gasteiger partial charge in [0.05, 0.1) is 7.11 Å². The summed E-state index contributed by atoms with van der Waals surface area (Å²) in [6.07, 6.45) is 3.06. The maximum atomic E-state index is 12.0. The molecule has 0 bridgehead atoms. The minimum atomic E-state index is -0.490. The van der Waals surface area contributed by atoms with Crippen molar-refractivity contribution in [3.8, 4) is 5.75 Å². The predicted molar refractivity (Wildman–Crippen MR) is 111 cm³/mol. The van der Waals surface area contributed by atoms with Gasteiger partial charge in [-0.2, -0.15) is 9.61 Å². The number of carbonyl (C=O) groups excluding carboxylic acids is 1. The van der Waals surface area contributed by atoms with Gasteiger partial charge in [-0.25, -0.2) is 9.78 Å². The summed E-state index contributed by atoms with van der Waals surface area (Å²) in [6, 6.07) is 13.1. The SMILES string of the molecule is COc1ccc2cc(/C=C/C(=O)OCc3nn4c(=O)cc(C)nc4s3)ccc2c1. The fraction of sp³-hybridized carbons (Fsp3) is 0.143. The summed E-state index contributed by atoms with van der Waals surface area (Å²) in [5, 5.41) is 6.74. The first kappa shape index (κ1) is 18.8. The van der Waals surface area contributed by atoms with Gasteiger partial charge in [-0.1, -0.05) is 29.5 Å². The zero-order valence-electron chi connectivity index (χ0n) is 15.8. The van der Waals surface area contributed by atoms with Crippen LogP contribution in [0.3, 0.4) is 0 Å². The van der Waals surface area contributed by atoms with Gasteiger partial charge in [-0.05, 0) is 47.5 Å². The largest absolute Gasteiger partial charge is 0.497 e. The standard InChI is InChI=1S/C21H17N3O4S/c1-13-9-19(25)24-21(22-13)29-18(23-24)12-28-20(26)8-4-14-3-5-16-11-17(27-2)7-6-15(16)10-14/h3-11H,12H2,1-2H3/b8-4+. The Labute approximate surface area is 169 Å². The second-order valence-electron chi connectivity index (χ2n) is 6.34. The van der Waals surface area contributed by atoms with Crippen molar-refractivity contribution in [1.29, 1.82) is 0 Å². The number of carbonyl (C=O) groups is 1. The van der Waals surface area contributed by atoms with Crippen molar-refractivity contribution in [3.63, 3.8) is 0 Å². The van der Waals surface area contributed by atoms with Gasteiger partial charge in [-0.15, -0.1) is 0 Å². The molecule has 0 saturated carbocycles. The van der Waals surface area contributed by atoms with E-state index in [2.05, 4.69) is 10.1 Å². The predicted octanol–water partition coefficient (Wildman–Crippen LogP) is 3.38. The van der Waals surface area contributed by atoms with Crippen LogP contribution in [0.4, 0.5) is 0 Å². The Morgan fingerprint density at radius 2 is 1.97 bits per heavy atom. The van der Waals surface area contributed by atoms with Gasteiger partial charge in [0.25, 0.3) is 5.56 Å². The van der Waals surface area contributed by atoms with Crippen LogP contribution in [0, 0.1) is 6.92 Å². The van der Waals surface area contributed by atoms with Crippen molar-refractivity contribution in [1.82, 2.24) is 14.6 Å². The maximum absolute atomic E-state index is 12.0. The molecule has 0 amide bonds. The summed E-state index contributed by atoms with van der Waals surface area (Å²) >= 11 is 1.22. The van der Waals surface area contributed by atoms with E-state index in [1.54, 1.807) is 20.1 Å². The molecule has 0 aliphatic heterocycles. The van der Waals surface area contributed by atoms with Gasteiger partial charge in [0, 0.05) is 17.8 Å². The molecule has 0 N–H and O–H groups in total. The zero-order chi connectivity index (χ0) is 20.4. The third-order valence-corrected chi connectivity index (χ3v) is 5.12. The van der Waals surface area contributed by atoms with Gasteiger partial charge < -0.3 is 9.47 Å². The number of hydrogen-bond donors (Lipinski definition) is 0. The lowest BCUT2D eigenvalue weighted by atomic mass is 10.1. The molecule has 2 heterocycles. The van der Waals surface area contributed by atoms with Crippen LogP contribution in [-0.4, -0.2) is 27.7 Å². The number of nitrogens with zero attached hydrogens (tertiary/aromatic N) is 3. The van der Waals surface area contributed by atoms with Crippen molar-refractivity contribution >= 4 is 39.1 Å². The van der Waals surface area contributed by atoms with Crippen molar-refractivity contribution in [2.24, 2.45) is 0 Å². The molecule has 0 saturated heterocycles. The van der Waals surface area contributed by atoms with E-state index in [1.165, 1.54) is 28.0 Å². The molecule has 2 aromatic heterocycles. The number of rotatable bonds is 5. The number of aromatic nitrogens is 3. The minimum Gasteiger partial charge on any atom is -0.497 e. The van der Waals surface area contributed by atoms with Crippen LogP contribution in [0.25, 0.3) is 21.8 Å². The fourth-order valence-corrected chi connectivity index (χ4v) is 3.69. The summed E-state index contributed by atoms with van der Waals surface area (Å²) in [4.78, 5) is 28.6. The number of benzene rings is 2. The summed E-state index contributed by atoms with van der Waals surface area (Å²) in [5.41, 5.74) is 1.25. The molecule has 29 heavy (non-hydrogen) atoms. The highest BCUT2D eigenvalue weighted by molar-refractivity contribution is 7.16. The van der Waals surface area contributed by atoms with E-state index < -0.39 is 5.97 Å². The van der Waals surface area contributed by atoms with Crippen LogP contribution < -0.4 is 10.3 Å². The first-order chi connectivity index (χ1) is 14.0. The monoisotopic (exact) mass is 407 g/mol. The van der Waals surface area contributed by atoms with Crippen LogP contribution in [0.15, 0.2) is 53.3 Å². The van der Waals surface area contributed by atoms with Crippen molar-refractivity contribution in [3.05, 3.63) is 75.2 Å². The molecule has 8 heteroatoms. The smallest absolute Gasteiger partial charge is 0.331 e. The number of methoxy groups -OCH3 is 1. The summed E-state index contributed by atoms with van der Waals surface area (Å²) in [6.45, 7) is 1.72. The topological polar surface area (TPSA) is 82.8 Å². The average Bonchev–Trinajstić information content (AvgIpc) is 3.13. The fourth-order valence-electron chi connectivity index (χ4n) is 2.84. The zero-order valence-corrected chi connectivity index (χ0v) is 16.6. The second kappa shape index (κ2) is 7.84. The van der Waals surface area contributed by atoms with Crippen LogP contribution >= 0.6 is 11.3 Å². The molecule has 0 atom stereocenters. The van der Waals surface area contributed by atoms with Gasteiger partial charge in [-0.3, -0.25) is 4.79 Å². The normalized spacial score (nSPS) is 11.4. The third kappa shape index (κ3) is 4.17. The van der Waals surface area contributed by atoms with Crippen molar-refractivity contribution in [2.45, 2.75) is 13.5 Å². The van der Waals surface area contributed by atoms with Crippen molar-refractivity contribution < 1.29 is 14.3 Å². The molecular weight excluding hydrogens is 390 g/mol. The Morgan fingerprint density at radius 3 is 2.79 bits per heavy atom. The first-order valence-electron chi connectivity index (χ1n) is 8.81. The van der Waals surface area contributed by atoms with Crippen LogP contribution in [0.2, 0.25) is 0 Å².